The summed E-state index contributed by atoms with van der Waals surface area (Å²) < 4.78 is 3.16. The Morgan fingerprint density at radius 3 is 2.93 bits per heavy atom. The quantitative estimate of drug-likeness (QED) is 0.863. The molecule has 72 valence electrons. The highest BCUT2D eigenvalue weighted by Gasteiger charge is 1.99. The fourth-order valence-corrected chi connectivity index (χ4v) is 1.91. The number of nitrogen functional groups attached to an aromatic ring is 1. The monoisotopic (exact) mass is 299 g/mol. The first-order valence-electron chi connectivity index (χ1n) is 4.27. The Kier molecular flexibility index (Phi) is 2.72. The van der Waals surface area contributed by atoms with Crippen LogP contribution in [0.15, 0.2) is 36.7 Å². The summed E-state index contributed by atoms with van der Waals surface area (Å²) >= 11 is 2.30. The molecule has 1 aromatic heterocycles. The van der Waals surface area contributed by atoms with Crippen molar-refractivity contribution in [2.24, 2.45) is 0 Å². The van der Waals surface area contributed by atoms with Crippen LogP contribution in [0, 0.1) is 3.57 Å². The average Bonchev–Trinajstić information content (AvgIpc) is 2.52. The van der Waals surface area contributed by atoms with Gasteiger partial charge in [0, 0.05) is 16.0 Å². The van der Waals surface area contributed by atoms with Gasteiger partial charge in [0.05, 0.1) is 6.54 Å². The summed E-state index contributed by atoms with van der Waals surface area (Å²) in [5.74, 6) is 0.559. The molecule has 2 rings (SSSR count). The van der Waals surface area contributed by atoms with Crippen molar-refractivity contribution in [3.63, 3.8) is 0 Å². The second kappa shape index (κ2) is 4.00. The summed E-state index contributed by atoms with van der Waals surface area (Å²) in [5.41, 5.74) is 6.91. The summed E-state index contributed by atoms with van der Waals surface area (Å²) in [5, 5.41) is 0. The number of imidazole rings is 1. The third kappa shape index (κ3) is 2.06. The van der Waals surface area contributed by atoms with Crippen molar-refractivity contribution in [2.45, 2.75) is 6.54 Å². The molecule has 0 aliphatic heterocycles. The number of benzene rings is 1. The summed E-state index contributed by atoms with van der Waals surface area (Å²) in [7, 11) is 0. The number of anilines is 1. The lowest BCUT2D eigenvalue weighted by Crippen LogP contribution is -2.03. The number of hydrogen-bond donors (Lipinski definition) is 1. The van der Waals surface area contributed by atoms with Crippen LogP contribution < -0.4 is 5.73 Å². The van der Waals surface area contributed by atoms with Gasteiger partial charge in [-0.05, 0) is 40.3 Å². The molecule has 0 radical (unpaired) electrons. The van der Waals surface area contributed by atoms with Crippen molar-refractivity contribution >= 4 is 28.5 Å². The molecule has 14 heavy (non-hydrogen) atoms. The van der Waals surface area contributed by atoms with Crippen molar-refractivity contribution in [1.29, 1.82) is 0 Å². The molecule has 0 saturated carbocycles. The lowest BCUT2D eigenvalue weighted by Gasteiger charge is -2.04. The summed E-state index contributed by atoms with van der Waals surface area (Å²) in [6, 6.07) is 8.34. The maximum atomic E-state index is 5.68. The second-order valence-corrected chi connectivity index (χ2v) is 4.29. The van der Waals surface area contributed by atoms with Gasteiger partial charge >= 0.3 is 0 Å². The van der Waals surface area contributed by atoms with Gasteiger partial charge in [-0.3, -0.25) is 0 Å². The molecule has 1 heterocycles. The molecular weight excluding hydrogens is 289 g/mol. The van der Waals surface area contributed by atoms with E-state index in [1.54, 1.807) is 6.20 Å². The van der Waals surface area contributed by atoms with Crippen LogP contribution in [0.5, 0.6) is 0 Å². The fourth-order valence-electron chi connectivity index (χ4n) is 1.31. The van der Waals surface area contributed by atoms with Crippen LogP contribution in [0.25, 0.3) is 0 Å². The van der Waals surface area contributed by atoms with Crippen molar-refractivity contribution in [1.82, 2.24) is 9.55 Å². The summed E-state index contributed by atoms with van der Waals surface area (Å²) in [6.07, 6.45) is 3.60. The molecule has 2 aromatic rings. The average molecular weight is 299 g/mol. The fraction of sp³-hybridized carbons (Fsp3) is 0.100. The highest BCUT2D eigenvalue weighted by Crippen LogP contribution is 2.10. The van der Waals surface area contributed by atoms with Crippen LogP contribution in [0.2, 0.25) is 0 Å². The van der Waals surface area contributed by atoms with E-state index in [9.17, 15) is 0 Å². The van der Waals surface area contributed by atoms with E-state index in [1.807, 2.05) is 16.8 Å². The molecule has 0 unspecified atom stereocenters. The van der Waals surface area contributed by atoms with E-state index in [-0.39, 0.29) is 0 Å². The van der Waals surface area contributed by atoms with E-state index in [0.717, 1.165) is 6.54 Å². The predicted molar refractivity (Wildman–Crippen MR) is 64.9 cm³/mol. The Balaban J connectivity index is 2.23. The van der Waals surface area contributed by atoms with Crippen LogP contribution in [0.4, 0.5) is 5.95 Å². The molecule has 0 amide bonds. The van der Waals surface area contributed by atoms with Gasteiger partial charge in [0.25, 0.3) is 0 Å². The van der Waals surface area contributed by atoms with E-state index >= 15 is 0 Å². The van der Waals surface area contributed by atoms with E-state index in [0.29, 0.717) is 5.95 Å². The van der Waals surface area contributed by atoms with Crippen molar-refractivity contribution in [3.8, 4) is 0 Å². The molecule has 3 nitrogen and oxygen atoms in total. The van der Waals surface area contributed by atoms with Crippen LogP contribution >= 0.6 is 22.6 Å². The Hall–Kier alpha value is -1.04. The Bertz CT molecular complexity index is 436. The number of hydrogen-bond acceptors (Lipinski definition) is 2. The minimum atomic E-state index is 0.559. The first-order valence-corrected chi connectivity index (χ1v) is 5.34. The van der Waals surface area contributed by atoms with Crippen molar-refractivity contribution in [3.05, 3.63) is 45.8 Å². The molecule has 2 N–H and O–H groups in total. The number of nitrogens with zero attached hydrogens (tertiary/aromatic N) is 2. The third-order valence-electron chi connectivity index (χ3n) is 1.99. The Morgan fingerprint density at radius 2 is 2.29 bits per heavy atom. The molecule has 0 aliphatic rings. The molecule has 0 aliphatic carbocycles. The first kappa shape index (κ1) is 9.51. The Morgan fingerprint density at radius 1 is 1.43 bits per heavy atom. The third-order valence-corrected chi connectivity index (χ3v) is 2.66. The zero-order chi connectivity index (χ0) is 9.97. The second-order valence-electron chi connectivity index (χ2n) is 3.04. The van der Waals surface area contributed by atoms with Gasteiger partial charge in [0.2, 0.25) is 0 Å². The molecule has 0 bridgehead atoms. The molecule has 0 fully saturated rings. The summed E-state index contributed by atoms with van der Waals surface area (Å²) in [6.45, 7) is 0.780. The number of aromatic nitrogens is 2. The lowest BCUT2D eigenvalue weighted by molar-refractivity contribution is 0.810. The van der Waals surface area contributed by atoms with Crippen LogP contribution in [0.3, 0.4) is 0 Å². The SMILES string of the molecule is Nc1nccn1Cc1cccc(I)c1. The number of halogens is 1. The van der Waals surface area contributed by atoms with Gasteiger partial charge in [-0.15, -0.1) is 0 Å². The Labute approximate surface area is 96.1 Å². The van der Waals surface area contributed by atoms with Gasteiger partial charge in [0.1, 0.15) is 0 Å². The first-order chi connectivity index (χ1) is 6.75. The van der Waals surface area contributed by atoms with Gasteiger partial charge in [-0.25, -0.2) is 4.98 Å². The normalized spacial score (nSPS) is 10.4. The van der Waals surface area contributed by atoms with Gasteiger partial charge in [-0.1, -0.05) is 12.1 Å². The number of rotatable bonds is 2. The topological polar surface area (TPSA) is 43.8 Å². The van der Waals surface area contributed by atoms with Crippen molar-refractivity contribution < 1.29 is 0 Å². The van der Waals surface area contributed by atoms with E-state index in [4.69, 9.17) is 5.73 Å². The molecule has 4 heteroatoms. The lowest BCUT2D eigenvalue weighted by atomic mass is 10.2. The molecule has 1 aromatic carbocycles. The van der Waals surface area contributed by atoms with E-state index in [1.165, 1.54) is 9.13 Å². The minimum Gasteiger partial charge on any atom is -0.369 e. The molecule has 0 spiro atoms. The molecular formula is C10H10IN3. The largest absolute Gasteiger partial charge is 0.369 e. The minimum absolute atomic E-state index is 0.559. The standard InChI is InChI=1S/C10H10IN3/c11-9-3-1-2-8(6-9)7-14-5-4-13-10(14)12/h1-6H,7H2,(H2,12,13). The van der Waals surface area contributed by atoms with Gasteiger partial charge < -0.3 is 10.3 Å². The molecule has 0 atom stereocenters. The highest BCUT2D eigenvalue weighted by molar-refractivity contribution is 14.1. The highest BCUT2D eigenvalue weighted by atomic mass is 127. The zero-order valence-corrected chi connectivity index (χ0v) is 9.68. The zero-order valence-electron chi connectivity index (χ0n) is 7.52. The summed E-state index contributed by atoms with van der Waals surface area (Å²) in [4.78, 5) is 3.97. The molecule has 0 saturated heterocycles. The van der Waals surface area contributed by atoms with Crippen LogP contribution in [-0.4, -0.2) is 9.55 Å². The number of nitrogens with two attached hydrogens (primary N) is 1. The van der Waals surface area contributed by atoms with Crippen LogP contribution in [0.1, 0.15) is 5.56 Å². The predicted octanol–water partition coefficient (Wildman–Crippen LogP) is 2.12. The smallest absolute Gasteiger partial charge is 0.200 e. The maximum Gasteiger partial charge on any atom is 0.200 e. The van der Waals surface area contributed by atoms with Crippen LogP contribution in [-0.2, 0) is 6.54 Å². The maximum absolute atomic E-state index is 5.68. The van der Waals surface area contributed by atoms with Gasteiger partial charge in [0.15, 0.2) is 5.95 Å². The van der Waals surface area contributed by atoms with E-state index in [2.05, 4.69) is 45.8 Å². The van der Waals surface area contributed by atoms with Gasteiger partial charge in [-0.2, -0.15) is 0 Å². The van der Waals surface area contributed by atoms with Crippen molar-refractivity contribution in [2.75, 3.05) is 5.73 Å². The van der Waals surface area contributed by atoms with E-state index < -0.39 is 0 Å².